The predicted molar refractivity (Wildman–Crippen MR) is 115 cm³/mol. The number of nitrogens with zero attached hydrogens (tertiary/aromatic N) is 2. The van der Waals surface area contributed by atoms with Crippen LogP contribution in [0.3, 0.4) is 0 Å². The molecule has 0 radical (unpaired) electrons. The molecule has 0 saturated heterocycles. The van der Waals surface area contributed by atoms with Crippen LogP contribution in [-0.4, -0.2) is 65.3 Å². The predicted octanol–water partition coefficient (Wildman–Crippen LogP) is 5.27. The molecular weight excluding hydrogens is 328 g/mol. The van der Waals surface area contributed by atoms with E-state index in [0.29, 0.717) is 0 Å². The molecule has 146 valence electrons. The van der Waals surface area contributed by atoms with Crippen LogP contribution in [0.25, 0.3) is 0 Å². The number of likely N-dealkylation sites (N-methyl/N-ethyl adjacent to an activating group) is 1. The summed E-state index contributed by atoms with van der Waals surface area (Å²) in [6.07, 6.45) is 1.31. The fourth-order valence-corrected chi connectivity index (χ4v) is 9.95. The average molecular weight is 375 g/mol. The van der Waals surface area contributed by atoms with Gasteiger partial charge in [0.1, 0.15) is 8.24 Å². The molecule has 0 aromatic carbocycles. The Labute approximate surface area is 155 Å². The van der Waals surface area contributed by atoms with E-state index in [4.69, 9.17) is 4.43 Å². The Morgan fingerprint density at radius 1 is 0.750 bits per heavy atom. The van der Waals surface area contributed by atoms with Gasteiger partial charge < -0.3 is 13.9 Å². The van der Waals surface area contributed by atoms with Crippen molar-refractivity contribution in [2.45, 2.75) is 85.2 Å². The van der Waals surface area contributed by atoms with E-state index in [1.165, 1.54) is 63.3 Å². The van der Waals surface area contributed by atoms with Gasteiger partial charge in [0.15, 0.2) is 8.32 Å². The van der Waals surface area contributed by atoms with Crippen LogP contribution in [0.15, 0.2) is 0 Å². The first-order valence-electron chi connectivity index (χ1n) is 10.5. The van der Waals surface area contributed by atoms with Crippen LogP contribution in [0, 0.1) is 0 Å². The van der Waals surface area contributed by atoms with E-state index in [9.17, 15) is 0 Å². The van der Waals surface area contributed by atoms with Crippen LogP contribution in [0.4, 0.5) is 0 Å². The quantitative estimate of drug-likeness (QED) is 0.363. The Hall–Kier alpha value is 0.314. The van der Waals surface area contributed by atoms with Crippen LogP contribution in [0.5, 0.6) is 0 Å². The molecule has 0 saturated carbocycles. The highest BCUT2D eigenvalue weighted by atomic mass is 28.4. The summed E-state index contributed by atoms with van der Waals surface area (Å²) in [6.45, 7) is 25.8. The van der Waals surface area contributed by atoms with Gasteiger partial charge in [-0.1, -0.05) is 34.6 Å². The summed E-state index contributed by atoms with van der Waals surface area (Å²) in [4.78, 5) is 2.58. The maximum absolute atomic E-state index is 6.03. The first-order chi connectivity index (χ1) is 11.3. The molecule has 0 aromatic rings. The zero-order valence-electron chi connectivity index (χ0n) is 18.1. The molecule has 0 aliphatic heterocycles. The summed E-state index contributed by atoms with van der Waals surface area (Å²) in [7, 11) is -2.71. The number of rotatable bonds is 15. The molecule has 0 fully saturated rings. The van der Waals surface area contributed by atoms with Gasteiger partial charge in [-0.05, 0) is 70.2 Å². The van der Waals surface area contributed by atoms with Gasteiger partial charge in [0.25, 0.3) is 0 Å². The van der Waals surface area contributed by atoms with Gasteiger partial charge in [-0.15, -0.1) is 0 Å². The monoisotopic (exact) mass is 374 g/mol. The average Bonchev–Trinajstić information content (AvgIpc) is 2.56. The minimum absolute atomic E-state index is 0.877. The summed E-state index contributed by atoms with van der Waals surface area (Å²) in [5.74, 6) is 0. The lowest BCUT2D eigenvalue weighted by atomic mass is 10.4. The third kappa shape index (κ3) is 8.13. The molecule has 0 aromatic heterocycles. The number of hydrogen-bond acceptors (Lipinski definition) is 3. The van der Waals surface area contributed by atoms with Crippen LogP contribution in [-0.2, 0) is 4.43 Å². The lowest BCUT2D eigenvalue weighted by Gasteiger charge is -2.42. The van der Waals surface area contributed by atoms with E-state index in [0.717, 1.165) is 6.61 Å². The summed E-state index contributed by atoms with van der Waals surface area (Å²) in [5, 5.41) is 0. The molecular formula is C19H46N2OSi2. The largest absolute Gasteiger partial charge is 0.418 e. The van der Waals surface area contributed by atoms with Crippen molar-refractivity contribution in [1.82, 2.24) is 9.47 Å². The Morgan fingerprint density at radius 2 is 1.29 bits per heavy atom. The summed E-state index contributed by atoms with van der Waals surface area (Å²) >= 11 is 0. The minimum Gasteiger partial charge on any atom is -0.418 e. The van der Waals surface area contributed by atoms with E-state index in [1.807, 2.05) is 0 Å². The first-order valence-corrected chi connectivity index (χ1v) is 16.1. The van der Waals surface area contributed by atoms with Gasteiger partial charge >= 0.3 is 0 Å². The normalized spacial score (nSPS) is 13.2. The Balaban J connectivity index is 4.85. The second kappa shape index (κ2) is 12.6. The van der Waals surface area contributed by atoms with Crippen molar-refractivity contribution in [2.75, 3.05) is 39.3 Å². The molecule has 0 rings (SSSR count). The fourth-order valence-electron chi connectivity index (χ4n) is 3.97. The molecule has 0 N–H and O–H groups in total. The molecule has 0 bridgehead atoms. The summed E-state index contributed by atoms with van der Waals surface area (Å²) in [6, 6.07) is 5.48. The highest BCUT2D eigenvalue weighted by Crippen LogP contribution is 2.26. The van der Waals surface area contributed by atoms with E-state index in [2.05, 4.69) is 64.1 Å². The molecule has 3 nitrogen and oxygen atoms in total. The van der Waals surface area contributed by atoms with E-state index >= 15 is 0 Å². The Bertz CT molecular complexity index is 297. The highest BCUT2D eigenvalue weighted by molar-refractivity contribution is 6.77. The Morgan fingerprint density at radius 3 is 1.71 bits per heavy atom. The lowest BCUT2D eigenvalue weighted by Crippen LogP contribution is -2.55. The van der Waals surface area contributed by atoms with Gasteiger partial charge in [0.05, 0.1) is 0 Å². The van der Waals surface area contributed by atoms with Crippen molar-refractivity contribution in [1.29, 1.82) is 0 Å². The molecule has 24 heavy (non-hydrogen) atoms. The molecule has 0 unspecified atom stereocenters. The maximum Gasteiger partial charge on any atom is 0.186 e. The molecule has 0 spiro atoms. The number of hydrogen-bond donors (Lipinski definition) is 0. The second-order valence-electron chi connectivity index (χ2n) is 7.60. The molecule has 5 heteroatoms. The van der Waals surface area contributed by atoms with Gasteiger partial charge in [-0.25, -0.2) is 0 Å². The summed E-state index contributed by atoms with van der Waals surface area (Å²) in [5.41, 5.74) is 0. The van der Waals surface area contributed by atoms with Crippen molar-refractivity contribution < 1.29 is 4.43 Å². The van der Waals surface area contributed by atoms with E-state index < -0.39 is 16.6 Å². The highest BCUT2D eigenvalue weighted by Gasteiger charge is 2.34. The molecule has 0 amide bonds. The van der Waals surface area contributed by atoms with E-state index in [1.54, 1.807) is 0 Å². The molecule has 0 aliphatic carbocycles. The second-order valence-corrected chi connectivity index (χ2v) is 17.1. The first kappa shape index (κ1) is 24.3. The lowest BCUT2D eigenvalue weighted by molar-refractivity contribution is 0.265. The minimum atomic E-state index is -1.44. The molecule has 0 aliphatic rings. The van der Waals surface area contributed by atoms with Crippen LogP contribution in [0.1, 0.15) is 48.0 Å². The standard InChI is InChI=1S/C19H46N2OSi2/c1-9-20(10-2)17-18-21(24(12-4,13-5)14-6)16-15-19-23(7,8)22-11-3/h9-19H2,1-8H3. The third-order valence-corrected chi connectivity index (χ3v) is 14.3. The van der Waals surface area contributed by atoms with Crippen molar-refractivity contribution in [3.05, 3.63) is 0 Å². The fraction of sp³-hybridized carbons (Fsp3) is 1.00. The van der Waals surface area contributed by atoms with Gasteiger partial charge in [-0.3, -0.25) is 0 Å². The van der Waals surface area contributed by atoms with Crippen LogP contribution >= 0.6 is 0 Å². The topological polar surface area (TPSA) is 15.7 Å². The zero-order valence-corrected chi connectivity index (χ0v) is 20.1. The smallest absolute Gasteiger partial charge is 0.186 e. The zero-order chi connectivity index (χ0) is 18.6. The van der Waals surface area contributed by atoms with Crippen LogP contribution < -0.4 is 0 Å². The maximum atomic E-state index is 6.03. The van der Waals surface area contributed by atoms with E-state index in [-0.39, 0.29) is 0 Å². The molecule has 0 atom stereocenters. The van der Waals surface area contributed by atoms with Gasteiger partial charge in [0.2, 0.25) is 0 Å². The van der Waals surface area contributed by atoms with Gasteiger partial charge in [0, 0.05) is 19.7 Å². The van der Waals surface area contributed by atoms with Crippen molar-refractivity contribution >= 4 is 16.6 Å². The van der Waals surface area contributed by atoms with Crippen molar-refractivity contribution in [3.63, 3.8) is 0 Å². The third-order valence-electron chi connectivity index (χ3n) is 5.97. The summed E-state index contributed by atoms with van der Waals surface area (Å²) < 4.78 is 8.98. The van der Waals surface area contributed by atoms with Crippen LogP contribution in [0.2, 0.25) is 37.3 Å². The Kier molecular flexibility index (Phi) is 12.8. The van der Waals surface area contributed by atoms with Crippen molar-refractivity contribution in [3.8, 4) is 0 Å². The van der Waals surface area contributed by atoms with Gasteiger partial charge in [-0.2, -0.15) is 0 Å². The van der Waals surface area contributed by atoms with Crippen molar-refractivity contribution in [2.24, 2.45) is 0 Å². The molecule has 0 heterocycles. The SMILES string of the molecule is CCO[Si](C)(C)CCCN(CCN(CC)CC)[Si](CC)(CC)CC.